The van der Waals surface area contributed by atoms with Crippen molar-refractivity contribution in [3.63, 3.8) is 0 Å². The van der Waals surface area contributed by atoms with Gasteiger partial charge in [0.05, 0.1) is 6.20 Å². The molecule has 0 bridgehead atoms. The van der Waals surface area contributed by atoms with E-state index in [1.54, 1.807) is 6.07 Å². The Morgan fingerprint density at radius 1 is 1.88 bits per heavy atom. The van der Waals surface area contributed by atoms with E-state index >= 15 is 0 Å². The highest BCUT2D eigenvalue weighted by Gasteiger charge is 2.10. The third kappa shape index (κ3) is 0.611. The monoisotopic (exact) mass is 108 g/mol. The first-order valence-electron chi connectivity index (χ1n) is 1.95. The lowest BCUT2D eigenvalue weighted by atomic mass is 10.5. The van der Waals surface area contributed by atoms with Gasteiger partial charge in [-0.3, -0.25) is 5.32 Å². The van der Waals surface area contributed by atoms with E-state index in [0.717, 1.165) is 0 Å². The molecule has 0 unspecified atom stereocenters. The molecule has 0 fully saturated rings. The summed E-state index contributed by atoms with van der Waals surface area (Å²) in [6.07, 6.45) is 1.20. The molecule has 1 rings (SSSR count). The Morgan fingerprint density at radius 2 is 2.62 bits per heavy atom. The van der Waals surface area contributed by atoms with Gasteiger partial charge in [-0.1, -0.05) is 0 Å². The molecule has 0 aliphatic carbocycles. The van der Waals surface area contributed by atoms with Crippen LogP contribution in [0.5, 0.6) is 0 Å². The highest BCUT2D eigenvalue weighted by atomic mass is 16.2. The maximum Gasteiger partial charge on any atom is 0.346 e. The number of nitrogens with one attached hydrogen (secondary N) is 1. The third-order valence-corrected chi connectivity index (χ3v) is 0.673. The van der Waals surface area contributed by atoms with Crippen molar-refractivity contribution in [2.75, 3.05) is 0 Å². The van der Waals surface area contributed by atoms with Gasteiger partial charge in [0, 0.05) is 0 Å². The maximum absolute atomic E-state index is 10.1. The molecule has 39 valence electrons. The molecule has 1 N–H and O–H groups in total. The lowest BCUT2D eigenvalue weighted by Crippen LogP contribution is -2.17. The van der Waals surface area contributed by atoms with Crippen LogP contribution >= 0.6 is 0 Å². The van der Waals surface area contributed by atoms with Crippen LogP contribution in [-0.2, 0) is 0 Å². The van der Waals surface area contributed by atoms with Crippen molar-refractivity contribution in [2.24, 2.45) is 0 Å². The Morgan fingerprint density at radius 3 is 2.88 bits per heavy atom. The van der Waals surface area contributed by atoms with Gasteiger partial charge in [0.2, 0.25) is 0 Å². The minimum Gasteiger partial charge on any atom is -0.296 e. The molecule has 0 saturated heterocycles. The average molecular weight is 108 g/mol. The molecular weight excluding hydrogens is 106 g/mol. The number of carbonyl (C=O) groups is 1. The lowest BCUT2D eigenvalue weighted by molar-refractivity contribution is 0.248. The number of amides is 2. The second kappa shape index (κ2) is 1.54. The summed E-state index contributed by atoms with van der Waals surface area (Å²) in [6, 6.07) is 1.26. The molecule has 4 heteroatoms. The van der Waals surface area contributed by atoms with Crippen molar-refractivity contribution in [2.45, 2.75) is 0 Å². The first kappa shape index (κ1) is 4.65. The van der Waals surface area contributed by atoms with Crippen molar-refractivity contribution >= 4 is 6.03 Å². The SMILES string of the molecule is N#CC1=C[N]C(=O)N1. The van der Waals surface area contributed by atoms with Crippen molar-refractivity contribution in [1.82, 2.24) is 10.6 Å². The Hall–Kier alpha value is -1.50. The highest BCUT2D eigenvalue weighted by Crippen LogP contribution is 1.91. The normalized spacial score (nSPS) is 15.9. The fourth-order valence-corrected chi connectivity index (χ4v) is 0.360. The van der Waals surface area contributed by atoms with Crippen LogP contribution < -0.4 is 10.6 Å². The summed E-state index contributed by atoms with van der Waals surface area (Å²) in [4.78, 5) is 10.1. The number of rotatable bonds is 0. The summed E-state index contributed by atoms with van der Waals surface area (Å²) in [5, 5.41) is 13.5. The second-order valence-electron chi connectivity index (χ2n) is 1.21. The van der Waals surface area contributed by atoms with Crippen LogP contribution in [0.25, 0.3) is 0 Å². The molecule has 1 aliphatic heterocycles. The smallest absolute Gasteiger partial charge is 0.296 e. The summed E-state index contributed by atoms with van der Waals surface area (Å²) < 4.78 is 0. The Labute approximate surface area is 45.8 Å². The summed E-state index contributed by atoms with van der Waals surface area (Å²) >= 11 is 0. The van der Waals surface area contributed by atoms with E-state index in [-0.39, 0.29) is 5.70 Å². The van der Waals surface area contributed by atoms with E-state index in [4.69, 9.17) is 5.26 Å². The number of urea groups is 1. The molecule has 2 amide bonds. The molecule has 0 atom stereocenters. The fraction of sp³-hybridized carbons (Fsp3) is 0. The highest BCUT2D eigenvalue weighted by molar-refractivity contribution is 5.80. The number of hydrogen-bond donors (Lipinski definition) is 1. The average Bonchev–Trinajstić information content (AvgIpc) is 2.14. The molecule has 0 spiro atoms. The van der Waals surface area contributed by atoms with Gasteiger partial charge in [0.25, 0.3) is 0 Å². The number of nitrogens with zero attached hydrogens (tertiary/aromatic N) is 2. The van der Waals surface area contributed by atoms with Crippen molar-refractivity contribution in [3.8, 4) is 6.07 Å². The molecule has 0 aromatic carbocycles. The molecular formula is C4H2N3O. The summed E-state index contributed by atoms with van der Waals surface area (Å²) in [7, 11) is 0. The number of carbonyl (C=O) groups excluding carboxylic acids is 1. The van der Waals surface area contributed by atoms with Crippen LogP contribution in [0.4, 0.5) is 4.79 Å². The minimum absolute atomic E-state index is 0.204. The minimum atomic E-state index is -0.471. The number of allylic oxidation sites excluding steroid dienone is 1. The predicted molar refractivity (Wildman–Crippen MR) is 24.4 cm³/mol. The Kier molecular flexibility index (Phi) is 0.897. The maximum atomic E-state index is 10.1. The Bertz CT molecular complexity index is 188. The molecule has 1 radical (unpaired) electrons. The van der Waals surface area contributed by atoms with Crippen LogP contribution in [0.1, 0.15) is 0 Å². The molecule has 0 aromatic heterocycles. The zero-order valence-corrected chi connectivity index (χ0v) is 3.88. The van der Waals surface area contributed by atoms with E-state index in [9.17, 15) is 4.79 Å². The van der Waals surface area contributed by atoms with Crippen LogP contribution in [0.2, 0.25) is 0 Å². The number of hydrogen-bond acceptors (Lipinski definition) is 2. The molecule has 1 heterocycles. The van der Waals surface area contributed by atoms with Crippen LogP contribution in [0.3, 0.4) is 0 Å². The first-order valence-corrected chi connectivity index (χ1v) is 1.95. The molecule has 0 aromatic rings. The first-order chi connectivity index (χ1) is 3.83. The second-order valence-corrected chi connectivity index (χ2v) is 1.21. The largest absolute Gasteiger partial charge is 0.346 e. The van der Waals surface area contributed by atoms with Gasteiger partial charge >= 0.3 is 6.03 Å². The number of nitriles is 1. The predicted octanol–water partition coefficient (Wildman–Crippen LogP) is -0.321. The Balaban J connectivity index is 2.66. The van der Waals surface area contributed by atoms with Gasteiger partial charge in [0.1, 0.15) is 11.8 Å². The van der Waals surface area contributed by atoms with Crippen LogP contribution in [0, 0.1) is 11.3 Å². The topological polar surface area (TPSA) is 67.0 Å². The van der Waals surface area contributed by atoms with E-state index in [0.29, 0.717) is 0 Å². The van der Waals surface area contributed by atoms with Crippen molar-refractivity contribution in [1.29, 1.82) is 5.26 Å². The zero-order valence-electron chi connectivity index (χ0n) is 3.88. The van der Waals surface area contributed by atoms with Crippen molar-refractivity contribution in [3.05, 3.63) is 11.9 Å². The van der Waals surface area contributed by atoms with Crippen LogP contribution in [-0.4, -0.2) is 6.03 Å². The standard InChI is InChI=1S/C4H2N3O/c5-1-3-2-6-4(8)7-3/h2H,(H,7,8). The molecule has 1 aliphatic rings. The molecule has 8 heavy (non-hydrogen) atoms. The van der Waals surface area contributed by atoms with E-state index in [1.807, 2.05) is 0 Å². The van der Waals surface area contributed by atoms with Gasteiger partial charge < -0.3 is 0 Å². The quantitative estimate of drug-likeness (QED) is 0.462. The third-order valence-electron chi connectivity index (χ3n) is 0.673. The molecule has 4 nitrogen and oxygen atoms in total. The van der Waals surface area contributed by atoms with E-state index in [1.165, 1.54) is 6.20 Å². The van der Waals surface area contributed by atoms with Crippen molar-refractivity contribution < 1.29 is 4.79 Å². The summed E-state index contributed by atoms with van der Waals surface area (Å²) in [5.41, 5.74) is 0.204. The van der Waals surface area contributed by atoms with Gasteiger partial charge in [-0.25, -0.2) is 4.79 Å². The summed E-state index contributed by atoms with van der Waals surface area (Å²) in [5.74, 6) is 0. The summed E-state index contributed by atoms with van der Waals surface area (Å²) in [6.45, 7) is 0. The van der Waals surface area contributed by atoms with Gasteiger partial charge in [-0.15, -0.1) is 0 Å². The zero-order chi connectivity index (χ0) is 5.98. The van der Waals surface area contributed by atoms with E-state index in [2.05, 4.69) is 10.6 Å². The van der Waals surface area contributed by atoms with Gasteiger partial charge in [-0.2, -0.15) is 10.6 Å². The fourth-order valence-electron chi connectivity index (χ4n) is 0.360. The van der Waals surface area contributed by atoms with E-state index < -0.39 is 6.03 Å². The van der Waals surface area contributed by atoms with Crippen LogP contribution in [0.15, 0.2) is 11.9 Å². The molecule has 0 saturated carbocycles. The van der Waals surface area contributed by atoms with Gasteiger partial charge in [0.15, 0.2) is 0 Å². The van der Waals surface area contributed by atoms with Gasteiger partial charge in [-0.05, 0) is 0 Å². The lowest BCUT2D eigenvalue weighted by Gasteiger charge is -1.82.